The summed E-state index contributed by atoms with van der Waals surface area (Å²) in [5.41, 5.74) is 5.86. The molecule has 0 aliphatic heterocycles. The lowest BCUT2D eigenvalue weighted by Crippen LogP contribution is -2.04. The van der Waals surface area contributed by atoms with Gasteiger partial charge < -0.3 is 14.8 Å². The molecule has 3 aromatic rings. The summed E-state index contributed by atoms with van der Waals surface area (Å²) in [6.45, 7) is 7.98. The van der Waals surface area contributed by atoms with E-state index in [2.05, 4.69) is 43.4 Å². The number of aryl methyl sites for hydroxylation is 2. The zero-order valence-corrected chi connectivity index (χ0v) is 17.3. The van der Waals surface area contributed by atoms with Crippen molar-refractivity contribution < 1.29 is 9.47 Å². The number of ether oxygens (including phenoxy) is 2. The van der Waals surface area contributed by atoms with Gasteiger partial charge in [-0.1, -0.05) is 47.5 Å². The molecular formula is C24H26ClNO2. The molecule has 0 fully saturated rings. The molecule has 0 aliphatic rings. The van der Waals surface area contributed by atoms with Crippen LogP contribution in [0.1, 0.15) is 29.2 Å². The second kappa shape index (κ2) is 9.52. The van der Waals surface area contributed by atoms with Crippen LogP contribution in [0.3, 0.4) is 0 Å². The first-order chi connectivity index (χ1) is 13.5. The van der Waals surface area contributed by atoms with Crippen LogP contribution in [0.2, 0.25) is 5.02 Å². The van der Waals surface area contributed by atoms with Crippen molar-refractivity contribution in [3.8, 4) is 11.5 Å². The average molecular weight is 396 g/mol. The second-order valence-corrected chi connectivity index (χ2v) is 7.24. The maximum Gasteiger partial charge on any atom is 0.161 e. The average Bonchev–Trinajstić information content (AvgIpc) is 2.68. The summed E-state index contributed by atoms with van der Waals surface area (Å²) in [6, 6.07) is 20.2. The molecule has 0 aliphatic carbocycles. The number of rotatable bonds is 8. The molecule has 0 unspecified atom stereocenters. The van der Waals surface area contributed by atoms with Crippen LogP contribution in [0, 0.1) is 13.8 Å². The quantitative estimate of drug-likeness (QED) is 0.469. The fourth-order valence-corrected chi connectivity index (χ4v) is 3.13. The monoisotopic (exact) mass is 395 g/mol. The zero-order valence-electron chi connectivity index (χ0n) is 16.6. The Kier molecular flexibility index (Phi) is 6.83. The van der Waals surface area contributed by atoms with Crippen molar-refractivity contribution in [1.29, 1.82) is 0 Å². The molecule has 0 saturated heterocycles. The third-order valence-corrected chi connectivity index (χ3v) is 4.73. The minimum absolute atomic E-state index is 0.470. The second-order valence-electron chi connectivity index (χ2n) is 6.80. The van der Waals surface area contributed by atoms with E-state index in [1.54, 1.807) is 0 Å². The highest BCUT2D eigenvalue weighted by Gasteiger charge is 2.08. The van der Waals surface area contributed by atoms with Crippen LogP contribution in [-0.2, 0) is 13.2 Å². The van der Waals surface area contributed by atoms with Gasteiger partial charge in [0.05, 0.1) is 6.61 Å². The topological polar surface area (TPSA) is 30.5 Å². The maximum atomic E-state index is 5.98. The SMILES string of the molecule is CCOc1cc(CNc2ccc(C)cc2C)ccc1OCc1ccc(Cl)cc1. The number of halogens is 1. The first-order valence-electron chi connectivity index (χ1n) is 9.49. The zero-order chi connectivity index (χ0) is 19.9. The van der Waals surface area contributed by atoms with Gasteiger partial charge in [0.15, 0.2) is 11.5 Å². The van der Waals surface area contributed by atoms with Gasteiger partial charge in [0, 0.05) is 17.3 Å². The Morgan fingerprint density at radius 1 is 0.821 bits per heavy atom. The third kappa shape index (κ3) is 5.43. The fourth-order valence-electron chi connectivity index (χ4n) is 3.00. The van der Waals surface area contributed by atoms with Gasteiger partial charge in [-0.3, -0.25) is 0 Å². The highest BCUT2D eigenvalue weighted by atomic mass is 35.5. The van der Waals surface area contributed by atoms with E-state index < -0.39 is 0 Å². The summed E-state index contributed by atoms with van der Waals surface area (Å²) < 4.78 is 11.8. The van der Waals surface area contributed by atoms with E-state index in [1.165, 1.54) is 11.1 Å². The highest BCUT2D eigenvalue weighted by molar-refractivity contribution is 6.30. The van der Waals surface area contributed by atoms with Gasteiger partial charge in [0.2, 0.25) is 0 Å². The van der Waals surface area contributed by atoms with Crippen LogP contribution >= 0.6 is 11.6 Å². The van der Waals surface area contributed by atoms with Crippen molar-refractivity contribution >= 4 is 17.3 Å². The molecule has 3 nitrogen and oxygen atoms in total. The summed E-state index contributed by atoms with van der Waals surface area (Å²) in [6.07, 6.45) is 0. The van der Waals surface area contributed by atoms with E-state index in [0.717, 1.165) is 39.9 Å². The molecular weight excluding hydrogens is 370 g/mol. The Bertz CT molecular complexity index is 922. The van der Waals surface area contributed by atoms with Gasteiger partial charge in [-0.05, 0) is 67.8 Å². The molecule has 0 radical (unpaired) electrons. The van der Waals surface area contributed by atoms with Crippen molar-refractivity contribution in [1.82, 2.24) is 0 Å². The highest BCUT2D eigenvalue weighted by Crippen LogP contribution is 2.30. The molecule has 3 aromatic carbocycles. The van der Waals surface area contributed by atoms with Gasteiger partial charge >= 0.3 is 0 Å². The Hall–Kier alpha value is -2.65. The van der Waals surface area contributed by atoms with E-state index >= 15 is 0 Å². The Labute approximate surface area is 172 Å². The van der Waals surface area contributed by atoms with Gasteiger partial charge in [-0.25, -0.2) is 0 Å². The van der Waals surface area contributed by atoms with Crippen LogP contribution in [-0.4, -0.2) is 6.61 Å². The van der Waals surface area contributed by atoms with Crippen molar-refractivity contribution in [3.63, 3.8) is 0 Å². The van der Waals surface area contributed by atoms with E-state index in [1.807, 2.05) is 43.3 Å². The largest absolute Gasteiger partial charge is 0.490 e. The number of hydrogen-bond acceptors (Lipinski definition) is 3. The van der Waals surface area contributed by atoms with E-state index in [4.69, 9.17) is 21.1 Å². The smallest absolute Gasteiger partial charge is 0.161 e. The molecule has 0 spiro atoms. The predicted molar refractivity (Wildman–Crippen MR) is 117 cm³/mol. The van der Waals surface area contributed by atoms with Crippen molar-refractivity contribution in [2.45, 2.75) is 33.9 Å². The standard InChI is InChI=1S/C24H26ClNO2/c1-4-27-24-14-20(15-26-22-11-5-17(2)13-18(22)3)8-12-23(24)28-16-19-6-9-21(25)10-7-19/h5-14,26H,4,15-16H2,1-3H3. The van der Waals surface area contributed by atoms with Gasteiger partial charge in [0.1, 0.15) is 6.61 Å². The lowest BCUT2D eigenvalue weighted by molar-refractivity contribution is 0.269. The maximum absolute atomic E-state index is 5.98. The van der Waals surface area contributed by atoms with E-state index in [0.29, 0.717) is 13.2 Å². The molecule has 0 amide bonds. The van der Waals surface area contributed by atoms with E-state index in [9.17, 15) is 0 Å². The minimum Gasteiger partial charge on any atom is -0.490 e. The number of hydrogen-bond donors (Lipinski definition) is 1. The molecule has 4 heteroatoms. The molecule has 1 N–H and O–H groups in total. The lowest BCUT2D eigenvalue weighted by atomic mass is 10.1. The fraction of sp³-hybridized carbons (Fsp3) is 0.250. The van der Waals surface area contributed by atoms with E-state index in [-0.39, 0.29) is 0 Å². The van der Waals surface area contributed by atoms with Crippen LogP contribution in [0.4, 0.5) is 5.69 Å². The number of benzene rings is 3. The summed E-state index contributed by atoms with van der Waals surface area (Å²) in [5.74, 6) is 1.50. The van der Waals surface area contributed by atoms with Crippen LogP contribution in [0.15, 0.2) is 60.7 Å². The molecule has 0 atom stereocenters. The van der Waals surface area contributed by atoms with Gasteiger partial charge in [-0.2, -0.15) is 0 Å². The molecule has 146 valence electrons. The van der Waals surface area contributed by atoms with Crippen molar-refractivity contribution in [3.05, 3.63) is 87.9 Å². The minimum atomic E-state index is 0.470. The van der Waals surface area contributed by atoms with Crippen LogP contribution in [0.25, 0.3) is 0 Å². The number of nitrogens with one attached hydrogen (secondary N) is 1. The summed E-state index contributed by atoms with van der Waals surface area (Å²) in [5, 5.41) is 4.22. The first kappa shape index (κ1) is 20.1. The third-order valence-electron chi connectivity index (χ3n) is 4.48. The molecule has 0 heterocycles. The molecule has 0 aromatic heterocycles. The lowest BCUT2D eigenvalue weighted by Gasteiger charge is -2.15. The van der Waals surface area contributed by atoms with Crippen molar-refractivity contribution in [2.75, 3.05) is 11.9 Å². The number of anilines is 1. The van der Waals surface area contributed by atoms with Gasteiger partial charge in [-0.15, -0.1) is 0 Å². The first-order valence-corrected chi connectivity index (χ1v) is 9.87. The molecule has 3 rings (SSSR count). The van der Waals surface area contributed by atoms with Gasteiger partial charge in [0.25, 0.3) is 0 Å². The summed E-state index contributed by atoms with van der Waals surface area (Å²) in [4.78, 5) is 0. The Balaban J connectivity index is 1.68. The summed E-state index contributed by atoms with van der Waals surface area (Å²) >= 11 is 5.94. The molecule has 0 bridgehead atoms. The Morgan fingerprint density at radius 2 is 1.57 bits per heavy atom. The molecule has 0 saturated carbocycles. The summed E-state index contributed by atoms with van der Waals surface area (Å²) in [7, 11) is 0. The molecule has 28 heavy (non-hydrogen) atoms. The van der Waals surface area contributed by atoms with Crippen LogP contribution in [0.5, 0.6) is 11.5 Å². The predicted octanol–water partition coefficient (Wildman–Crippen LogP) is 6.55. The van der Waals surface area contributed by atoms with Crippen molar-refractivity contribution in [2.24, 2.45) is 0 Å². The van der Waals surface area contributed by atoms with Crippen LogP contribution < -0.4 is 14.8 Å². The normalized spacial score (nSPS) is 10.6. The Morgan fingerprint density at radius 3 is 2.29 bits per heavy atom.